The van der Waals surface area contributed by atoms with Crippen molar-refractivity contribution in [3.05, 3.63) is 41.5 Å². The molecule has 21 heavy (non-hydrogen) atoms. The first-order chi connectivity index (χ1) is 10.1. The van der Waals surface area contributed by atoms with Gasteiger partial charge in [0, 0.05) is 5.41 Å². The zero-order chi connectivity index (χ0) is 14.9. The molecule has 0 bridgehead atoms. The molecule has 3 rings (SSSR count). The Bertz CT molecular complexity index is 556. The summed E-state index contributed by atoms with van der Waals surface area (Å²) in [5, 5.41) is 8.96. The quantitative estimate of drug-likeness (QED) is 0.924. The number of carbonyl (C=O) groups is 1. The lowest BCUT2D eigenvalue weighted by molar-refractivity contribution is -0.141. The van der Waals surface area contributed by atoms with E-state index in [-0.39, 0.29) is 11.3 Å². The number of carboxylic acids is 1. The molecule has 0 amide bonds. The van der Waals surface area contributed by atoms with Gasteiger partial charge in [0.05, 0.1) is 5.92 Å². The summed E-state index contributed by atoms with van der Waals surface area (Å²) in [6.07, 6.45) is 7.67. The van der Waals surface area contributed by atoms with Crippen LogP contribution in [-0.2, 0) is 10.2 Å². The van der Waals surface area contributed by atoms with Crippen molar-refractivity contribution in [1.29, 1.82) is 0 Å². The Balaban J connectivity index is 1.59. The fourth-order valence-electron chi connectivity index (χ4n) is 3.55. The summed E-state index contributed by atoms with van der Waals surface area (Å²) >= 11 is 0. The van der Waals surface area contributed by atoms with Crippen molar-refractivity contribution < 1.29 is 9.90 Å². The van der Waals surface area contributed by atoms with Crippen LogP contribution in [0.4, 0.5) is 0 Å². The molecule has 0 aromatic heterocycles. The maximum atomic E-state index is 10.9. The maximum absolute atomic E-state index is 10.9. The van der Waals surface area contributed by atoms with Crippen molar-refractivity contribution in [3.63, 3.8) is 0 Å². The first-order valence-electron chi connectivity index (χ1n) is 7.85. The second kappa shape index (κ2) is 5.64. The predicted octanol–water partition coefficient (Wildman–Crippen LogP) is 3.16. The van der Waals surface area contributed by atoms with Gasteiger partial charge in [0.25, 0.3) is 0 Å². The maximum Gasteiger partial charge on any atom is 0.306 e. The number of aliphatic carboxylic acids is 1. The summed E-state index contributed by atoms with van der Waals surface area (Å²) < 4.78 is 0. The zero-order valence-electron chi connectivity index (χ0n) is 12.6. The molecule has 1 spiro atoms. The van der Waals surface area contributed by atoms with E-state index in [4.69, 9.17) is 5.11 Å². The average Bonchev–Trinajstić information content (AvgIpc) is 2.86. The van der Waals surface area contributed by atoms with Gasteiger partial charge >= 0.3 is 5.97 Å². The van der Waals surface area contributed by atoms with E-state index in [2.05, 4.69) is 41.3 Å². The van der Waals surface area contributed by atoms with Gasteiger partial charge in [-0.2, -0.15) is 0 Å². The van der Waals surface area contributed by atoms with Gasteiger partial charge in [-0.05, 0) is 50.0 Å². The monoisotopic (exact) mass is 285 g/mol. The van der Waals surface area contributed by atoms with Gasteiger partial charge in [0.15, 0.2) is 0 Å². The highest BCUT2D eigenvalue weighted by Crippen LogP contribution is 2.43. The second-order valence-corrected chi connectivity index (χ2v) is 6.45. The largest absolute Gasteiger partial charge is 0.481 e. The molecule has 1 aromatic rings. The molecular formula is C18H23NO2. The van der Waals surface area contributed by atoms with E-state index >= 15 is 0 Å². The van der Waals surface area contributed by atoms with Crippen LogP contribution >= 0.6 is 0 Å². The molecule has 3 nitrogen and oxygen atoms in total. The van der Waals surface area contributed by atoms with Gasteiger partial charge in [-0.25, -0.2) is 0 Å². The SMILES string of the molecule is C[C@H](CCN1CCC2(C=Cc3ccccc32)CC1)C(=O)O. The van der Waals surface area contributed by atoms with Gasteiger partial charge in [0.1, 0.15) is 0 Å². The van der Waals surface area contributed by atoms with Gasteiger partial charge < -0.3 is 10.0 Å². The molecule has 1 aliphatic heterocycles. The molecule has 1 fully saturated rings. The average molecular weight is 285 g/mol. The third-order valence-corrected chi connectivity index (χ3v) is 5.13. The molecule has 112 valence electrons. The first-order valence-corrected chi connectivity index (χ1v) is 7.85. The molecule has 1 atom stereocenters. The third kappa shape index (κ3) is 2.75. The molecule has 0 unspecified atom stereocenters. The van der Waals surface area contributed by atoms with Crippen LogP contribution in [0, 0.1) is 5.92 Å². The fraction of sp³-hybridized carbons (Fsp3) is 0.500. The molecule has 2 aliphatic rings. The molecule has 1 saturated heterocycles. The number of nitrogens with zero attached hydrogens (tertiary/aromatic N) is 1. The van der Waals surface area contributed by atoms with Gasteiger partial charge in [-0.1, -0.05) is 43.3 Å². The van der Waals surface area contributed by atoms with Crippen LogP contribution in [-0.4, -0.2) is 35.6 Å². The van der Waals surface area contributed by atoms with Crippen molar-refractivity contribution in [2.45, 2.75) is 31.6 Å². The topological polar surface area (TPSA) is 40.5 Å². The summed E-state index contributed by atoms with van der Waals surface area (Å²) in [5.41, 5.74) is 3.07. The lowest BCUT2D eigenvalue weighted by Gasteiger charge is -2.39. The molecule has 0 radical (unpaired) electrons. The lowest BCUT2D eigenvalue weighted by Crippen LogP contribution is -2.41. The molecule has 1 N–H and O–H groups in total. The van der Waals surface area contributed by atoms with Gasteiger partial charge in [0.2, 0.25) is 0 Å². The van der Waals surface area contributed by atoms with Crippen LogP contribution in [0.3, 0.4) is 0 Å². The van der Waals surface area contributed by atoms with Crippen molar-refractivity contribution in [3.8, 4) is 0 Å². The van der Waals surface area contributed by atoms with E-state index in [0.29, 0.717) is 0 Å². The van der Waals surface area contributed by atoms with Crippen molar-refractivity contribution >= 4 is 12.0 Å². The summed E-state index contributed by atoms with van der Waals surface area (Å²) in [6, 6.07) is 8.69. The molecule has 1 heterocycles. The van der Waals surface area contributed by atoms with E-state index in [0.717, 1.165) is 38.9 Å². The van der Waals surface area contributed by atoms with Gasteiger partial charge in [-0.15, -0.1) is 0 Å². The minimum atomic E-state index is -0.684. The van der Waals surface area contributed by atoms with Crippen LogP contribution in [0.25, 0.3) is 6.08 Å². The highest BCUT2D eigenvalue weighted by Gasteiger charge is 2.37. The number of fused-ring (bicyclic) bond motifs is 2. The summed E-state index contributed by atoms with van der Waals surface area (Å²) in [5.74, 6) is -0.927. The van der Waals surface area contributed by atoms with Crippen LogP contribution in [0.2, 0.25) is 0 Å². The van der Waals surface area contributed by atoms with E-state index in [9.17, 15) is 4.79 Å². The fourth-order valence-corrected chi connectivity index (χ4v) is 3.55. The number of hydrogen-bond donors (Lipinski definition) is 1. The van der Waals surface area contributed by atoms with Gasteiger partial charge in [-0.3, -0.25) is 4.79 Å². The highest BCUT2D eigenvalue weighted by molar-refractivity contribution is 5.69. The Kier molecular flexibility index (Phi) is 3.85. The number of benzene rings is 1. The smallest absolute Gasteiger partial charge is 0.306 e. The van der Waals surface area contributed by atoms with Crippen LogP contribution in [0.5, 0.6) is 0 Å². The number of hydrogen-bond acceptors (Lipinski definition) is 2. The molecule has 1 aromatic carbocycles. The van der Waals surface area contributed by atoms with Crippen molar-refractivity contribution in [2.75, 3.05) is 19.6 Å². The van der Waals surface area contributed by atoms with Crippen LogP contribution in [0.15, 0.2) is 30.3 Å². The molecule has 0 saturated carbocycles. The second-order valence-electron chi connectivity index (χ2n) is 6.45. The summed E-state index contributed by atoms with van der Waals surface area (Å²) in [7, 11) is 0. The zero-order valence-corrected chi connectivity index (χ0v) is 12.6. The standard InChI is InChI=1S/C18H23NO2/c1-14(17(20)21)7-11-19-12-9-18(10-13-19)8-6-15-4-2-3-5-16(15)18/h2-6,8,14H,7,9-13H2,1H3,(H,20,21)/t14-/m1/s1. The minimum absolute atomic E-state index is 0.228. The highest BCUT2D eigenvalue weighted by atomic mass is 16.4. The number of rotatable bonds is 4. The molecule has 3 heteroatoms. The summed E-state index contributed by atoms with van der Waals surface area (Å²) in [4.78, 5) is 13.3. The number of likely N-dealkylation sites (tertiary alicyclic amines) is 1. The van der Waals surface area contributed by atoms with E-state index in [1.165, 1.54) is 11.1 Å². The van der Waals surface area contributed by atoms with Crippen LogP contribution < -0.4 is 0 Å². The van der Waals surface area contributed by atoms with Crippen molar-refractivity contribution in [1.82, 2.24) is 4.90 Å². The Morgan fingerprint density at radius 3 is 2.76 bits per heavy atom. The number of piperidine rings is 1. The normalized spacial score (nSPS) is 21.4. The molecular weight excluding hydrogens is 262 g/mol. The van der Waals surface area contributed by atoms with Crippen molar-refractivity contribution in [2.24, 2.45) is 5.92 Å². The number of allylic oxidation sites excluding steroid dienone is 1. The Labute approximate surface area is 126 Å². The minimum Gasteiger partial charge on any atom is -0.481 e. The Morgan fingerprint density at radius 1 is 1.33 bits per heavy atom. The Morgan fingerprint density at radius 2 is 2.05 bits per heavy atom. The van der Waals surface area contributed by atoms with Crippen LogP contribution in [0.1, 0.15) is 37.3 Å². The molecule has 1 aliphatic carbocycles. The van der Waals surface area contributed by atoms with E-state index < -0.39 is 5.97 Å². The third-order valence-electron chi connectivity index (χ3n) is 5.13. The lowest BCUT2D eigenvalue weighted by atomic mass is 9.74. The number of carboxylic acid groups (broad SMARTS) is 1. The van der Waals surface area contributed by atoms with E-state index in [1.807, 2.05) is 0 Å². The first kappa shape index (κ1) is 14.3. The van der Waals surface area contributed by atoms with E-state index in [1.54, 1.807) is 6.92 Å². The Hall–Kier alpha value is -1.61. The summed E-state index contributed by atoms with van der Waals surface area (Å²) in [6.45, 7) is 4.81. The predicted molar refractivity (Wildman–Crippen MR) is 84.2 cm³/mol.